The zero-order valence-corrected chi connectivity index (χ0v) is 7.37. The number of rotatable bonds is 1. The van der Waals surface area contributed by atoms with Crippen molar-refractivity contribution in [2.24, 2.45) is 0 Å². The van der Waals surface area contributed by atoms with Crippen molar-refractivity contribution in [1.82, 2.24) is 0 Å². The number of carbonyl (C=O) groups excluding carboxylic acids is 1. The average molecular weight is 178 g/mol. The van der Waals surface area contributed by atoms with Gasteiger partial charge in [-0.2, -0.15) is 4.89 Å². The zero-order valence-electron chi connectivity index (χ0n) is 7.37. The van der Waals surface area contributed by atoms with Crippen LogP contribution in [0.25, 0.3) is 0 Å². The summed E-state index contributed by atoms with van der Waals surface area (Å²) < 4.78 is 0. The fraction of sp³-hybridized carbons (Fsp3) is 0.300. The van der Waals surface area contributed by atoms with E-state index in [-0.39, 0.29) is 5.78 Å². The summed E-state index contributed by atoms with van der Waals surface area (Å²) in [6.45, 7) is 2.07. The van der Waals surface area contributed by atoms with E-state index in [1.165, 1.54) is 0 Å². The molecule has 1 aliphatic rings. The van der Waals surface area contributed by atoms with E-state index in [2.05, 4.69) is 0 Å². The molecule has 0 saturated carbocycles. The molecule has 1 aliphatic heterocycles. The summed E-state index contributed by atoms with van der Waals surface area (Å²) in [5.41, 5.74) is 1.70. The molecule has 0 N–H and O–H groups in total. The molecule has 2 rings (SSSR count). The van der Waals surface area contributed by atoms with Crippen molar-refractivity contribution in [2.75, 3.05) is 6.61 Å². The van der Waals surface area contributed by atoms with Gasteiger partial charge in [0, 0.05) is 17.5 Å². The first-order valence-corrected chi connectivity index (χ1v) is 4.21. The molecule has 0 bridgehead atoms. The summed E-state index contributed by atoms with van der Waals surface area (Å²) in [4.78, 5) is 21.0. The molecule has 1 aromatic rings. The van der Waals surface area contributed by atoms with Crippen LogP contribution in [0.1, 0.15) is 22.8 Å². The predicted octanol–water partition coefficient (Wildman–Crippen LogP) is 1.76. The second kappa shape index (κ2) is 3.18. The summed E-state index contributed by atoms with van der Waals surface area (Å²) in [5, 5.41) is 0. The van der Waals surface area contributed by atoms with Crippen LogP contribution in [0.2, 0.25) is 0 Å². The monoisotopic (exact) mass is 178 g/mol. The molecule has 0 aliphatic carbocycles. The highest BCUT2D eigenvalue weighted by molar-refractivity contribution is 5.96. The van der Waals surface area contributed by atoms with Gasteiger partial charge in [-0.05, 0) is 13.0 Å². The minimum Gasteiger partial charge on any atom is -0.337 e. The van der Waals surface area contributed by atoms with Gasteiger partial charge in [0.1, 0.15) is 0 Å². The lowest BCUT2D eigenvalue weighted by Gasteiger charge is -2.17. The highest BCUT2D eigenvalue weighted by Gasteiger charge is 2.16. The van der Waals surface area contributed by atoms with E-state index in [1.54, 1.807) is 19.1 Å². The molecule has 68 valence electrons. The van der Waals surface area contributed by atoms with E-state index in [4.69, 9.17) is 9.78 Å². The Bertz CT molecular complexity index is 344. The van der Waals surface area contributed by atoms with Gasteiger partial charge in [-0.3, -0.25) is 4.79 Å². The molecule has 3 heteroatoms. The molecule has 1 aromatic carbocycles. The van der Waals surface area contributed by atoms with Crippen LogP contribution in [0.5, 0.6) is 5.75 Å². The third-order valence-electron chi connectivity index (χ3n) is 2.10. The molecule has 0 radical (unpaired) electrons. The minimum atomic E-state index is 0.0716. The van der Waals surface area contributed by atoms with E-state index in [1.807, 2.05) is 6.07 Å². The Labute approximate surface area is 76.2 Å². The van der Waals surface area contributed by atoms with E-state index in [0.717, 1.165) is 17.5 Å². The van der Waals surface area contributed by atoms with Gasteiger partial charge in [0.25, 0.3) is 0 Å². The Morgan fingerprint density at radius 1 is 1.46 bits per heavy atom. The van der Waals surface area contributed by atoms with Crippen LogP contribution in [-0.4, -0.2) is 12.4 Å². The highest BCUT2D eigenvalue weighted by atomic mass is 17.2. The molecule has 13 heavy (non-hydrogen) atoms. The van der Waals surface area contributed by atoms with Crippen molar-refractivity contribution in [2.45, 2.75) is 13.3 Å². The third-order valence-corrected chi connectivity index (χ3v) is 2.10. The number of benzene rings is 1. The lowest BCUT2D eigenvalue weighted by molar-refractivity contribution is -0.215. The molecule has 0 unspecified atom stereocenters. The summed E-state index contributed by atoms with van der Waals surface area (Å²) >= 11 is 0. The van der Waals surface area contributed by atoms with Crippen LogP contribution in [0, 0.1) is 0 Å². The van der Waals surface area contributed by atoms with Crippen molar-refractivity contribution >= 4 is 5.78 Å². The number of hydrogen-bond acceptors (Lipinski definition) is 3. The normalized spacial score (nSPS) is 14.5. The summed E-state index contributed by atoms with van der Waals surface area (Å²) in [7, 11) is 0. The molecule has 0 fully saturated rings. The zero-order chi connectivity index (χ0) is 9.26. The number of hydrogen-bond donors (Lipinski definition) is 0. The fourth-order valence-corrected chi connectivity index (χ4v) is 1.48. The molecular formula is C10H10O3. The molecule has 0 saturated heterocycles. The summed E-state index contributed by atoms with van der Waals surface area (Å²) in [6, 6.07) is 5.42. The quantitative estimate of drug-likeness (QED) is 0.485. The third kappa shape index (κ3) is 1.42. The summed E-state index contributed by atoms with van der Waals surface area (Å²) in [6.07, 6.45) is 0.741. The Morgan fingerprint density at radius 3 is 3.08 bits per heavy atom. The maximum atomic E-state index is 11.2. The summed E-state index contributed by atoms with van der Waals surface area (Å²) in [5.74, 6) is 0.737. The second-order valence-electron chi connectivity index (χ2n) is 2.99. The first-order valence-electron chi connectivity index (χ1n) is 4.21. The molecule has 0 atom stereocenters. The lowest BCUT2D eigenvalue weighted by Crippen LogP contribution is -2.14. The topological polar surface area (TPSA) is 35.5 Å². The number of fused-ring (bicyclic) bond motifs is 1. The Balaban J connectivity index is 2.52. The number of Topliss-reactive ketones (excluding diaryl/α,β-unsaturated/α-hetero) is 1. The SMILES string of the molecule is CC(=O)c1cccc2c1CCOO2. The van der Waals surface area contributed by atoms with Crippen molar-refractivity contribution in [1.29, 1.82) is 0 Å². The van der Waals surface area contributed by atoms with Gasteiger partial charge >= 0.3 is 0 Å². The first kappa shape index (κ1) is 8.26. The van der Waals surface area contributed by atoms with Gasteiger partial charge in [0.05, 0.1) is 6.61 Å². The van der Waals surface area contributed by atoms with Gasteiger partial charge in [-0.15, -0.1) is 0 Å². The van der Waals surface area contributed by atoms with Crippen LogP contribution in [0.3, 0.4) is 0 Å². The fourth-order valence-electron chi connectivity index (χ4n) is 1.48. The first-order chi connectivity index (χ1) is 6.29. The van der Waals surface area contributed by atoms with E-state index >= 15 is 0 Å². The van der Waals surface area contributed by atoms with Gasteiger partial charge < -0.3 is 4.89 Å². The molecule has 0 aromatic heterocycles. The molecule has 0 spiro atoms. The van der Waals surface area contributed by atoms with Gasteiger partial charge in [0.15, 0.2) is 11.5 Å². The van der Waals surface area contributed by atoms with E-state index in [9.17, 15) is 4.79 Å². The number of carbonyl (C=O) groups is 1. The van der Waals surface area contributed by atoms with Crippen LogP contribution in [0.15, 0.2) is 18.2 Å². The maximum absolute atomic E-state index is 11.2. The van der Waals surface area contributed by atoms with Gasteiger partial charge in [0.2, 0.25) is 0 Å². The average Bonchev–Trinajstić information content (AvgIpc) is 2.17. The Morgan fingerprint density at radius 2 is 2.31 bits per heavy atom. The largest absolute Gasteiger partial charge is 0.337 e. The molecule has 1 heterocycles. The van der Waals surface area contributed by atoms with Crippen LogP contribution in [0.4, 0.5) is 0 Å². The Kier molecular flexibility index (Phi) is 2.02. The highest BCUT2D eigenvalue weighted by Crippen LogP contribution is 2.26. The van der Waals surface area contributed by atoms with Crippen LogP contribution < -0.4 is 4.89 Å². The predicted molar refractivity (Wildman–Crippen MR) is 46.7 cm³/mol. The van der Waals surface area contributed by atoms with E-state index in [0.29, 0.717) is 12.4 Å². The molecular weight excluding hydrogens is 168 g/mol. The second-order valence-corrected chi connectivity index (χ2v) is 2.99. The Hall–Kier alpha value is -1.35. The lowest BCUT2D eigenvalue weighted by atomic mass is 10.0. The minimum absolute atomic E-state index is 0.0716. The van der Waals surface area contributed by atoms with Crippen molar-refractivity contribution < 1.29 is 14.6 Å². The van der Waals surface area contributed by atoms with E-state index < -0.39 is 0 Å². The molecule has 0 amide bonds. The van der Waals surface area contributed by atoms with Gasteiger partial charge in [-0.25, -0.2) is 0 Å². The van der Waals surface area contributed by atoms with Crippen LogP contribution >= 0.6 is 0 Å². The standard InChI is InChI=1S/C10H10O3/c1-7(11)8-3-2-4-10-9(8)5-6-12-13-10/h2-4H,5-6H2,1H3. The van der Waals surface area contributed by atoms with Crippen LogP contribution in [-0.2, 0) is 11.3 Å². The van der Waals surface area contributed by atoms with Gasteiger partial charge in [-0.1, -0.05) is 12.1 Å². The van der Waals surface area contributed by atoms with Crippen molar-refractivity contribution in [3.05, 3.63) is 29.3 Å². The maximum Gasteiger partial charge on any atom is 0.169 e. The molecule has 3 nitrogen and oxygen atoms in total. The van der Waals surface area contributed by atoms with Crippen molar-refractivity contribution in [3.63, 3.8) is 0 Å². The smallest absolute Gasteiger partial charge is 0.169 e. The number of ketones is 1. The van der Waals surface area contributed by atoms with Crippen molar-refractivity contribution in [3.8, 4) is 5.75 Å².